The summed E-state index contributed by atoms with van der Waals surface area (Å²) in [5, 5.41) is 11.8. The molecular formula is C11H13NO4S2. The third kappa shape index (κ3) is 2.81. The van der Waals surface area contributed by atoms with Crippen LogP contribution in [0, 0.1) is 0 Å². The molecule has 0 spiro atoms. The summed E-state index contributed by atoms with van der Waals surface area (Å²) in [7, 11) is -3.57. The molecule has 0 aliphatic heterocycles. The standard InChI is InChI=1S/C11H13NO4S2/c1-11(13,9-4-2-6-16-9)8-12-18(14,15)10-5-3-7-17-10/h2-7,12-13H,8H2,1H3/t11-/m0/s1. The fourth-order valence-corrected chi connectivity index (χ4v) is 3.56. The number of thiophene rings is 1. The first-order chi connectivity index (χ1) is 8.42. The molecule has 0 unspecified atom stereocenters. The van der Waals surface area contributed by atoms with Crippen molar-refractivity contribution in [3.8, 4) is 0 Å². The monoisotopic (exact) mass is 287 g/mol. The third-order valence-corrected chi connectivity index (χ3v) is 5.22. The van der Waals surface area contributed by atoms with E-state index in [-0.39, 0.29) is 10.8 Å². The van der Waals surface area contributed by atoms with E-state index in [1.54, 1.807) is 23.6 Å². The Labute approximate surface area is 109 Å². The van der Waals surface area contributed by atoms with E-state index in [9.17, 15) is 13.5 Å². The predicted molar refractivity (Wildman–Crippen MR) is 67.8 cm³/mol. The van der Waals surface area contributed by atoms with Crippen molar-refractivity contribution in [2.24, 2.45) is 0 Å². The van der Waals surface area contributed by atoms with Crippen LogP contribution in [-0.2, 0) is 15.6 Å². The number of aliphatic hydroxyl groups is 1. The smallest absolute Gasteiger partial charge is 0.250 e. The Balaban J connectivity index is 2.09. The van der Waals surface area contributed by atoms with Gasteiger partial charge in [0, 0.05) is 6.54 Å². The Morgan fingerprint density at radius 2 is 2.22 bits per heavy atom. The number of sulfonamides is 1. The van der Waals surface area contributed by atoms with Gasteiger partial charge in [0.1, 0.15) is 15.6 Å². The SMILES string of the molecule is C[C@](O)(CNS(=O)(=O)c1cccs1)c1ccco1. The summed E-state index contributed by atoms with van der Waals surface area (Å²) in [5.74, 6) is 0.316. The highest BCUT2D eigenvalue weighted by Gasteiger charge is 2.28. The second-order valence-corrected chi connectivity index (χ2v) is 6.95. The van der Waals surface area contributed by atoms with E-state index in [1.807, 2.05) is 0 Å². The zero-order chi connectivity index (χ0) is 13.2. The van der Waals surface area contributed by atoms with E-state index in [1.165, 1.54) is 19.3 Å². The maximum Gasteiger partial charge on any atom is 0.250 e. The molecule has 0 saturated heterocycles. The van der Waals surface area contributed by atoms with Gasteiger partial charge in [-0.2, -0.15) is 0 Å². The fraction of sp³-hybridized carbons (Fsp3) is 0.273. The summed E-state index contributed by atoms with van der Waals surface area (Å²) in [5.41, 5.74) is -1.38. The molecule has 1 atom stereocenters. The second-order valence-electron chi connectivity index (χ2n) is 4.01. The largest absolute Gasteiger partial charge is 0.466 e. The molecule has 18 heavy (non-hydrogen) atoms. The zero-order valence-corrected chi connectivity index (χ0v) is 11.3. The van der Waals surface area contributed by atoms with Crippen LogP contribution in [-0.4, -0.2) is 20.1 Å². The molecule has 0 bridgehead atoms. The minimum atomic E-state index is -3.57. The van der Waals surface area contributed by atoms with E-state index < -0.39 is 15.6 Å². The van der Waals surface area contributed by atoms with Crippen LogP contribution >= 0.6 is 11.3 Å². The fourth-order valence-electron chi connectivity index (χ4n) is 1.40. The Hall–Kier alpha value is -1.15. The molecule has 0 radical (unpaired) electrons. The van der Waals surface area contributed by atoms with E-state index >= 15 is 0 Å². The van der Waals surface area contributed by atoms with Gasteiger partial charge in [-0.05, 0) is 30.5 Å². The zero-order valence-electron chi connectivity index (χ0n) is 9.66. The molecule has 0 saturated carbocycles. The van der Waals surface area contributed by atoms with Gasteiger partial charge in [-0.1, -0.05) is 6.07 Å². The quantitative estimate of drug-likeness (QED) is 0.874. The van der Waals surface area contributed by atoms with Gasteiger partial charge in [0.15, 0.2) is 0 Å². The average Bonchev–Trinajstić information content (AvgIpc) is 2.99. The molecule has 0 aliphatic rings. The highest BCUT2D eigenvalue weighted by Crippen LogP contribution is 2.21. The van der Waals surface area contributed by atoms with Crippen molar-refractivity contribution in [1.82, 2.24) is 4.72 Å². The molecule has 2 N–H and O–H groups in total. The Bertz CT molecular complexity index is 585. The first-order valence-electron chi connectivity index (χ1n) is 5.21. The van der Waals surface area contributed by atoms with Crippen LogP contribution in [0.4, 0.5) is 0 Å². The Morgan fingerprint density at radius 3 is 2.78 bits per heavy atom. The van der Waals surface area contributed by atoms with E-state index in [0.29, 0.717) is 5.76 Å². The molecule has 2 aromatic heterocycles. The minimum absolute atomic E-state index is 0.152. The number of nitrogens with one attached hydrogen (secondary N) is 1. The molecule has 98 valence electrons. The van der Waals surface area contributed by atoms with Crippen molar-refractivity contribution in [3.05, 3.63) is 41.7 Å². The summed E-state index contributed by atoms with van der Waals surface area (Å²) >= 11 is 1.12. The molecule has 0 fully saturated rings. The van der Waals surface area contributed by atoms with Gasteiger partial charge in [0.2, 0.25) is 10.0 Å². The van der Waals surface area contributed by atoms with E-state index in [2.05, 4.69) is 4.72 Å². The second kappa shape index (κ2) is 4.85. The van der Waals surface area contributed by atoms with Crippen molar-refractivity contribution < 1.29 is 17.9 Å². The first kappa shape index (κ1) is 13.3. The maximum atomic E-state index is 11.9. The Kier molecular flexibility index (Phi) is 3.58. The lowest BCUT2D eigenvalue weighted by atomic mass is 10.1. The van der Waals surface area contributed by atoms with Gasteiger partial charge in [0.05, 0.1) is 6.26 Å². The first-order valence-corrected chi connectivity index (χ1v) is 7.58. The van der Waals surface area contributed by atoms with Crippen molar-refractivity contribution >= 4 is 21.4 Å². The van der Waals surface area contributed by atoms with Crippen LogP contribution in [0.25, 0.3) is 0 Å². The van der Waals surface area contributed by atoms with Crippen LogP contribution < -0.4 is 4.72 Å². The van der Waals surface area contributed by atoms with Gasteiger partial charge in [0.25, 0.3) is 0 Å². The number of rotatable bonds is 5. The van der Waals surface area contributed by atoms with Gasteiger partial charge in [-0.15, -0.1) is 11.3 Å². The molecule has 2 rings (SSSR count). The summed E-state index contributed by atoms with van der Waals surface area (Å²) in [6.07, 6.45) is 1.43. The average molecular weight is 287 g/mol. The van der Waals surface area contributed by atoms with Crippen molar-refractivity contribution in [2.45, 2.75) is 16.7 Å². The summed E-state index contributed by atoms with van der Waals surface area (Å²) < 4.78 is 31.4. The van der Waals surface area contributed by atoms with Crippen molar-refractivity contribution in [2.75, 3.05) is 6.54 Å². The molecule has 5 nitrogen and oxygen atoms in total. The third-order valence-electron chi connectivity index (χ3n) is 2.42. The summed E-state index contributed by atoms with van der Waals surface area (Å²) in [6, 6.07) is 6.40. The highest BCUT2D eigenvalue weighted by atomic mass is 32.2. The minimum Gasteiger partial charge on any atom is -0.466 e. The molecule has 0 aromatic carbocycles. The topological polar surface area (TPSA) is 79.5 Å². The number of furan rings is 1. The maximum absolute atomic E-state index is 11.9. The van der Waals surface area contributed by atoms with Crippen LogP contribution in [0.5, 0.6) is 0 Å². The molecule has 0 amide bonds. The van der Waals surface area contributed by atoms with Crippen molar-refractivity contribution in [1.29, 1.82) is 0 Å². The van der Waals surface area contributed by atoms with Gasteiger partial charge < -0.3 is 9.52 Å². The molecule has 2 heterocycles. The van der Waals surface area contributed by atoms with Crippen LogP contribution in [0.3, 0.4) is 0 Å². The van der Waals surface area contributed by atoms with E-state index in [0.717, 1.165) is 11.3 Å². The molecule has 7 heteroatoms. The number of hydrogen-bond acceptors (Lipinski definition) is 5. The Morgan fingerprint density at radius 1 is 1.44 bits per heavy atom. The summed E-state index contributed by atoms with van der Waals surface area (Å²) in [6.45, 7) is 1.34. The van der Waals surface area contributed by atoms with Crippen LogP contribution in [0.2, 0.25) is 0 Å². The lowest BCUT2D eigenvalue weighted by molar-refractivity contribution is 0.0396. The van der Waals surface area contributed by atoms with Gasteiger partial charge in [-0.25, -0.2) is 13.1 Å². The van der Waals surface area contributed by atoms with Crippen LogP contribution in [0.1, 0.15) is 12.7 Å². The normalized spacial score (nSPS) is 15.4. The lowest BCUT2D eigenvalue weighted by Crippen LogP contribution is -2.38. The summed E-state index contributed by atoms with van der Waals surface area (Å²) in [4.78, 5) is 0. The molecule has 2 aromatic rings. The van der Waals surface area contributed by atoms with E-state index in [4.69, 9.17) is 4.42 Å². The van der Waals surface area contributed by atoms with Crippen molar-refractivity contribution in [3.63, 3.8) is 0 Å². The predicted octanol–water partition coefficient (Wildman–Crippen LogP) is 1.53. The van der Waals surface area contributed by atoms with Gasteiger partial charge in [-0.3, -0.25) is 0 Å². The van der Waals surface area contributed by atoms with Crippen LogP contribution in [0.15, 0.2) is 44.5 Å². The molecular weight excluding hydrogens is 274 g/mol. The lowest BCUT2D eigenvalue weighted by Gasteiger charge is -2.20. The molecule has 0 aliphatic carbocycles. The highest BCUT2D eigenvalue weighted by molar-refractivity contribution is 7.91. The van der Waals surface area contributed by atoms with Gasteiger partial charge >= 0.3 is 0 Å². The number of hydrogen-bond donors (Lipinski definition) is 2.